The van der Waals surface area contributed by atoms with Crippen LogP contribution in [0.4, 0.5) is 0 Å². The van der Waals surface area contributed by atoms with Gasteiger partial charge in [-0.05, 0) is 46.8 Å². The summed E-state index contributed by atoms with van der Waals surface area (Å²) in [6, 6.07) is 10.2. The maximum absolute atomic E-state index is 4.77. The number of aromatic nitrogens is 3. The second kappa shape index (κ2) is 10.7. The molecule has 3 aromatic rings. The first kappa shape index (κ1) is 23.3. The molecule has 2 aromatic heterocycles. The highest BCUT2D eigenvalue weighted by atomic mass is 127. The first-order valence-corrected chi connectivity index (χ1v) is 10.4. The van der Waals surface area contributed by atoms with Gasteiger partial charge in [0.25, 0.3) is 0 Å². The van der Waals surface area contributed by atoms with Crippen LogP contribution in [-0.4, -0.2) is 27.3 Å². The summed E-state index contributed by atoms with van der Waals surface area (Å²) >= 11 is 1.73. The van der Waals surface area contributed by atoms with Gasteiger partial charge >= 0.3 is 0 Å². The van der Waals surface area contributed by atoms with E-state index in [4.69, 9.17) is 10.1 Å². The second-order valence-electron chi connectivity index (χ2n) is 6.69. The van der Waals surface area contributed by atoms with Crippen molar-refractivity contribution in [3.63, 3.8) is 0 Å². The third-order valence-corrected chi connectivity index (χ3v) is 5.73. The number of aryl methyl sites for hydroxylation is 3. The van der Waals surface area contributed by atoms with E-state index in [-0.39, 0.29) is 24.0 Å². The van der Waals surface area contributed by atoms with Crippen LogP contribution in [0.5, 0.6) is 0 Å². The van der Waals surface area contributed by atoms with Crippen LogP contribution < -0.4 is 10.6 Å². The Morgan fingerprint density at radius 2 is 1.79 bits per heavy atom. The number of benzene rings is 1. The maximum atomic E-state index is 4.77. The molecule has 3 rings (SSSR count). The SMILES string of the molecule is CCNC(=NCc1c(C)nn(-c2ccccc2)c1C)NCc1nc(C)c(C)s1.I. The number of hydrogen-bond acceptors (Lipinski definition) is 4. The van der Waals surface area contributed by atoms with Crippen molar-refractivity contribution >= 4 is 41.3 Å². The molecule has 0 radical (unpaired) electrons. The van der Waals surface area contributed by atoms with Gasteiger partial charge in [-0.15, -0.1) is 35.3 Å². The molecule has 6 nitrogen and oxygen atoms in total. The zero-order chi connectivity index (χ0) is 20.1. The molecule has 8 heteroatoms. The summed E-state index contributed by atoms with van der Waals surface area (Å²) in [5.74, 6) is 0.791. The summed E-state index contributed by atoms with van der Waals surface area (Å²) in [7, 11) is 0. The predicted octanol–water partition coefficient (Wildman–Crippen LogP) is 4.44. The molecule has 2 N–H and O–H groups in total. The molecule has 0 fully saturated rings. The van der Waals surface area contributed by atoms with Crippen LogP contribution >= 0.6 is 35.3 Å². The van der Waals surface area contributed by atoms with Crippen molar-refractivity contribution in [2.24, 2.45) is 4.99 Å². The molecule has 0 bridgehead atoms. The van der Waals surface area contributed by atoms with Crippen LogP contribution in [0, 0.1) is 27.7 Å². The highest BCUT2D eigenvalue weighted by molar-refractivity contribution is 14.0. The van der Waals surface area contributed by atoms with Gasteiger partial charge in [0.1, 0.15) is 5.01 Å². The van der Waals surface area contributed by atoms with E-state index in [1.54, 1.807) is 11.3 Å². The second-order valence-corrected chi connectivity index (χ2v) is 7.98. The molecule has 156 valence electrons. The van der Waals surface area contributed by atoms with E-state index >= 15 is 0 Å². The number of para-hydroxylation sites is 1. The first-order chi connectivity index (χ1) is 13.5. The van der Waals surface area contributed by atoms with Crippen LogP contribution in [0.2, 0.25) is 0 Å². The minimum absolute atomic E-state index is 0. The van der Waals surface area contributed by atoms with Crippen LogP contribution in [0.3, 0.4) is 0 Å². The smallest absolute Gasteiger partial charge is 0.191 e. The van der Waals surface area contributed by atoms with Crippen molar-refractivity contribution in [1.82, 2.24) is 25.4 Å². The Bertz CT molecular complexity index is 942. The van der Waals surface area contributed by atoms with Gasteiger partial charge in [0, 0.05) is 22.7 Å². The van der Waals surface area contributed by atoms with E-state index < -0.39 is 0 Å². The topological polar surface area (TPSA) is 67.1 Å². The number of rotatable bonds is 6. The molecule has 0 aliphatic carbocycles. The van der Waals surface area contributed by atoms with E-state index in [9.17, 15) is 0 Å². The molecule has 0 aliphatic heterocycles. The molecular weight excluding hydrogens is 495 g/mol. The summed E-state index contributed by atoms with van der Waals surface area (Å²) < 4.78 is 1.99. The molecule has 29 heavy (non-hydrogen) atoms. The summed E-state index contributed by atoms with van der Waals surface area (Å²) in [6.45, 7) is 12.4. The largest absolute Gasteiger partial charge is 0.357 e. The number of guanidine groups is 1. The lowest BCUT2D eigenvalue weighted by Crippen LogP contribution is -2.36. The van der Waals surface area contributed by atoms with Gasteiger partial charge in [-0.2, -0.15) is 5.10 Å². The molecule has 0 saturated heterocycles. The van der Waals surface area contributed by atoms with Gasteiger partial charge < -0.3 is 10.6 Å². The van der Waals surface area contributed by atoms with Gasteiger partial charge in [0.15, 0.2) is 5.96 Å². The van der Waals surface area contributed by atoms with E-state index in [0.29, 0.717) is 13.1 Å². The summed E-state index contributed by atoms with van der Waals surface area (Å²) in [5.41, 5.74) is 5.45. The van der Waals surface area contributed by atoms with Crippen molar-refractivity contribution in [1.29, 1.82) is 0 Å². The number of nitrogens with one attached hydrogen (secondary N) is 2. The van der Waals surface area contributed by atoms with Crippen molar-refractivity contribution in [3.05, 3.63) is 62.9 Å². The highest BCUT2D eigenvalue weighted by Crippen LogP contribution is 2.19. The Morgan fingerprint density at radius 1 is 1.07 bits per heavy atom. The summed E-state index contributed by atoms with van der Waals surface area (Å²) in [4.78, 5) is 10.6. The normalized spacial score (nSPS) is 11.3. The molecule has 0 saturated carbocycles. The standard InChI is InChI=1S/C21H28N6S.HI/c1-6-22-21(24-13-20-25-14(2)17(5)28-20)23-12-19-15(3)26-27(16(19)4)18-10-8-7-9-11-18;/h7-11H,6,12-13H2,1-5H3,(H2,22,23,24);1H. The van der Waals surface area contributed by atoms with E-state index in [2.05, 4.69) is 48.5 Å². The number of nitrogens with zero attached hydrogens (tertiary/aromatic N) is 4. The van der Waals surface area contributed by atoms with Gasteiger partial charge in [-0.25, -0.2) is 14.7 Å². The monoisotopic (exact) mass is 524 g/mol. The van der Waals surface area contributed by atoms with E-state index in [0.717, 1.165) is 45.8 Å². The summed E-state index contributed by atoms with van der Waals surface area (Å²) in [5, 5.41) is 12.5. The van der Waals surface area contributed by atoms with Crippen LogP contribution in [-0.2, 0) is 13.1 Å². The first-order valence-electron chi connectivity index (χ1n) is 9.55. The minimum atomic E-state index is 0. The Hall–Kier alpha value is -1.94. The zero-order valence-corrected chi connectivity index (χ0v) is 20.8. The van der Waals surface area contributed by atoms with Crippen LogP contribution in [0.25, 0.3) is 5.69 Å². The fraction of sp³-hybridized carbons (Fsp3) is 0.381. The fourth-order valence-corrected chi connectivity index (χ4v) is 3.87. The van der Waals surface area contributed by atoms with Crippen molar-refractivity contribution in [2.45, 2.75) is 47.7 Å². The van der Waals surface area contributed by atoms with Crippen molar-refractivity contribution < 1.29 is 0 Å². The lowest BCUT2D eigenvalue weighted by Gasteiger charge is -2.10. The molecule has 1 aromatic carbocycles. The molecular formula is C21H29IN6S. The van der Waals surface area contributed by atoms with Crippen LogP contribution in [0.1, 0.15) is 39.5 Å². The van der Waals surface area contributed by atoms with E-state index in [1.165, 1.54) is 4.88 Å². The molecule has 0 aliphatic rings. The zero-order valence-electron chi connectivity index (χ0n) is 17.6. The number of aliphatic imine (C=N–C) groups is 1. The van der Waals surface area contributed by atoms with Gasteiger partial charge in [-0.1, -0.05) is 18.2 Å². The molecule has 0 unspecified atom stereocenters. The summed E-state index contributed by atoms with van der Waals surface area (Å²) in [6.07, 6.45) is 0. The predicted molar refractivity (Wildman–Crippen MR) is 132 cm³/mol. The minimum Gasteiger partial charge on any atom is -0.357 e. The Morgan fingerprint density at radius 3 is 2.41 bits per heavy atom. The highest BCUT2D eigenvalue weighted by Gasteiger charge is 2.13. The molecule has 0 atom stereocenters. The Kier molecular flexibility index (Phi) is 8.63. The third kappa shape index (κ3) is 5.79. The Balaban J connectivity index is 0.00000300. The molecule has 2 heterocycles. The quantitative estimate of drug-likeness (QED) is 0.285. The lowest BCUT2D eigenvalue weighted by atomic mass is 10.2. The van der Waals surface area contributed by atoms with Gasteiger partial charge in [0.05, 0.1) is 30.2 Å². The van der Waals surface area contributed by atoms with Crippen LogP contribution in [0.15, 0.2) is 35.3 Å². The average molecular weight is 524 g/mol. The Labute approximate surface area is 193 Å². The van der Waals surface area contributed by atoms with Gasteiger partial charge in [0.2, 0.25) is 0 Å². The average Bonchev–Trinajstić information content (AvgIpc) is 3.16. The van der Waals surface area contributed by atoms with Gasteiger partial charge in [-0.3, -0.25) is 0 Å². The van der Waals surface area contributed by atoms with Crippen molar-refractivity contribution in [2.75, 3.05) is 6.54 Å². The number of thiazole rings is 1. The number of hydrogen-bond donors (Lipinski definition) is 2. The molecule has 0 amide bonds. The van der Waals surface area contributed by atoms with E-state index in [1.807, 2.05) is 36.7 Å². The van der Waals surface area contributed by atoms with Crippen molar-refractivity contribution in [3.8, 4) is 5.69 Å². The number of halogens is 1. The fourth-order valence-electron chi connectivity index (χ4n) is 3.00. The maximum Gasteiger partial charge on any atom is 0.191 e. The molecule has 0 spiro atoms. The lowest BCUT2D eigenvalue weighted by molar-refractivity contribution is 0.807. The third-order valence-electron chi connectivity index (χ3n) is 4.66.